The molecule has 0 fully saturated rings. The Morgan fingerprint density at radius 1 is 1.38 bits per heavy atom. The van der Waals surface area contributed by atoms with E-state index in [2.05, 4.69) is 12.7 Å². The quantitative estimate of drug-likeness (QED) is 0.513. The van der Waals surface area contributed by atoms with E-state index in [0.717, 1.165) is 0 Å². The van der Waals surface area contributed by atoms with Gasteiger partial charge in [-0.15, -0.1) is 6.58 Å². The van der Waals surface area contributed by atoms with Gasteiger partial charge in [0, 0.05) is 0 Å². The molecule has 3 heteroatoms. The molecule has 0 aromatic carbocycles. The first kappa shape index (κ1) is 14.9. The Hall–Kier alpha value is -1.09. The largest absolute Gasteiger partial charge is 0.468 e. The fraction of sp³-hybridized carbons (Fsp3) is 0.615. The third-order valence-electron chi connectivity index (χ3n) is 2.75. The highest BCUT2D eigenvalue weighted by Gasteiger charge is 2.39. The van der Waals surface area contributed by atoms with E-state index in [1.165, 1.54) is 12.7 Å². The van der Waals surface area contributed by atoms with Crippen LogP contribution in [-0.2, 0) is 9.53 Å². The summed E-state index contributed by atoms with van der Waals surface area (Å²) in [5, 5.41) is 0. The molecule has 16 heavy (non-hydrogen) atoms. The fourth-order valence-corrected chi connectivity index (χ4v) is 1.60. The number of methoxy groups -OCH3 is 1. The van der Waals surface area contributed by atoms with Crippen LogP contribution < -0.4 is 0 Å². The smallest absolute Gasteiger partial charge is 0.326 e. The van der Waals surface area contributed by atoms with E-state index in [1.807, 2.05) is 32.8 Å². The Balaban J connectivity index is 5.16. The lowest BCUT2D eigenvalue weighted by Gasteiger charge is -2.35. The fourth-order valence-electron chi connectivity index (χ4n) is 1.60. The lowest BCUT2D eigenvalue weighted by molar-refractivity contribution is -0.153. The molecule has 3 nitrogen and oxygen atoms in total. The molecule has 92 valence electrons. The summed E-state index contributed by atoms with van der Waals surface area (Å²) in [5.74, 6) is -0.213. The number of allylic oxidation sites excluding steroid dienone is 1. The van der Waals surface area contributed by atoms with Gasteiger partial charge in [-0.05, 0) is 40.8 Å². The summed E-state index contributed by atoms with van der Waals surface area (Å²) >= 11 is 0. The van der Waals surface area contributed by atoms with Crippen molar-refractivity contribution >= 4 is 5.97 Å². The third-order valence-corrected chi connectivity index (χ3v) is 2.75. The molecule has 0 spiro atoms. The standard InChI is InChI=1S/C13H23NO2/c1-7-9-13(14(4)5,12(15)16-6)10-8-11(2)3/h7-8H,1,9-10H2,2-6H3. The molecule has 0 aliphatic heterocycles. The van der Waals surface area contributed by atoms with Crippen molar-refractivity contribution < 1.29 is 9.53 Å². The molecule has 1 unspecified atom stereocenters. The summed E-state index contributed by atoms with van der Waals surface area (Å²) in [4.78, 5) is 13.8. The topological polar surface area (TPSA) is 29.5 Å². The van der Waals surface area contributed by atoms with Gasteiger partial charge in [-0.3, -0.25) is 9.69 Å². The van der Waals surface area contributed by atoms with E-state index < -0.39 is 5.54 Å². The lowest BCUT2D eigenvalue weighted by Crippen LogP contribution is -2.51. The Morgan fingerprint density at radius 2 is 1.94 bits per heavy atom. The number of hydrogen-bond donors (Lipinski definition) is 0. The number of likely N-dealkylation sites (N-methyl/N-ethyl adjacent to an activating group) is 1. The average molecular weight is 225 g/mol. The van der Waals surface area contributed by atoms with Crippen molar-refractivity contribution in [3.8, 4) is 0 Å². The number of esters is 1. The number of nitrogens with zero attached hydrogens (tertiary/aromatic N) is 1. The second kappa shape index (κ2) is 6.48. The van der Waals surface area contributed by atoms with E-state index in [-0.39, 0.29) is 5.97 Å². The van der Waals surface area contributed by atoms with Crippen molar-refractivity contribution in [3.05, 3.63) is 24.3 Å². The lowest BCUT2D eigenvalue weighted by atomic mass is 9.89. The van der Waals surface area contributed by atoms with Crippen molar-refractivity contribution in [2.75, 3.05) is 21.2 Å². The monoisotopic (exact) mass is 225 g/mol. The summed E-state index contributed by atoms with van der Waals surface area (Å²) < 4.78 is 4.90. The first-order chi connectivity index (χ1) is 7.40. The number of ether oxygens (including phenoxy) is 1. The van der Waals surface area contributed by atoms with Crippen LogP contribution in [0, 0.1) is 0 Å². The Morgan fingerprint density at radius 3 is 2.25 bits per heavy atom. The van der Waals surface area contributed by atoms with Crippen LogP contribution in [0.2, 0.25) is 0 Å². The predicted molar refractivity (Wildman–Crippen MR) is 67.3 cm³/mol. The van der Waals surface area contributed by atoms with Gasteiger partial charge in [0.05, 0.1) is 7.11 Å². The maximum atomic E-state index is 11.9. The van der Waals surface area contributed by atoms with E-state index in [4.69, 9.17) is 4.74 Å². The molecule has 0 aliphatic rings. The first-order valence-electron chi connectivity index (χ1n) is 5.41. The normalized spacial score (nSPS) is 14.1. The highest BCUT2D eigenvalue weighted by Crippen LogP contribution is 2.25. The van der Waals surface area contributed by atoms with Crippen LogP contribution in [0.5, 0.6) is 0 Å². The van der Waals surface area contributed by atoms with E-state index in [1.54, 1.807) is 6.08 Å². The number of carbonyl (C=O) groups excluding carboxylic acids is 1. The summed E-state index contributed by atoms with van der Waals surface area (Å²) in [6.45, 7) is 7.76. The Bertz CT molecular complexity index is 278. The highest BCUT2D eigenvalue weighted by atomic mass is 16.5. The van der Waals surface area contributed by atoms with Crippen LogP contribution in [0.4, 0.5) is 0 Å². The van der Waals surface area contributed by atoms with Crippen LogP contribution in [-0.4, -0.2) is 37.6 Å². The molecule has 1 atom stereocenters. The third kappa shape index (κ3) is 3.49. The van der Waals surface area contributed by atoms with Gasteiger partial charge in [0.15, 0.2) is 0 Å². The second-order valence-electron chi connectivity index (χ2n) is 4.40. The zero-order chi connectivity index (χ0) is 12.8. The molecular weight excluding hydrogens is 202 g/mol. The van der Waals surface area contributed by atoms with Crippen molar-refractivity contribution in [2.45, 2.75) is 32.2 Å². The molecule has 0 bridgehead atoms. The summed E-state index contributed by atoms with van der Waals surface area (Å²) in [5.41, 5.74) is 0.563. The van der Waals surface area contributed by atoms with Gasteiger partial charge in [0.2, 0.25) is 0 Å². The minimum Gasteiger partial charge on any atom is -0.468 e. The molecule has 0 radical (unpaired) electrons. The van der Waals surface area contributed by atoms with Crippen LogP contribution in [0.3, 0.4) is 0 Å². The molecule has 0 saturated heterocycles. The van der Waals surface area contributed by atoms with Crippen LogP contribution in [0.25, 0.3) is 0 Å². The van der Waals surface area contributed by atoms with Crippen molar-refractivity contribution in [2.24, 2.45) is 0 Å². The average Bonchev–Trinajstić information content (AvgIpc) is 2.22. The summed E-state index contributed by atoms with van der Waals surface area (Å²) in [6, 6.07) is 0. The molecule has 0 aliphatic carbocycles. The van der Waals surface area contributed by atoms with E-state index in [9.17, 15) is 4.79 Å². The number of rotatable bonds is 6. The maximum absolute atomic E-state index is 11.9. The van der Waals surface area contributed by atoms with E-state index in [0.29, 0.717) is 12.8 Å². The predicted octanol–water partition coefficient (Wildman–Crippen LogP) is 2.39. The first-order valence-corrected chi connectivity index (χ1v) is 5.41. The van der Waals surface area contributed by atoms with Gasteiger partial charge in [-0.2, -0.15) is 0 Å². The van der Waals surface area contributed by atoms with Gasteiger partial charge in [-0.1, -0.05) is 17.7 Å². The minimum absolute atomic E-state index is 0.213. The number of hydrogen-bond acceptors (Lipinski definition) is 3. The second-order valence-corrected chi connectivity index (χ2v) is 4.40. The number of carbonyl (C=O) groups is 1. The zero-order valence-electron chi connectivity index (χ0n) is 11.0. The molecule has 0 rings (SSSR count). The molecule has 0 saturated carbocycles. The maximum Gasteiger partial charge on any atom is 0.326 e. The van der Waals surface area contributed by atoms with Crippen molar-refractivity contribution in [1.82, 2.24) is 4.90 Å². The Labute approximate surface area is 98.8 Å². The van der Waals surface area contributed by atoms with Crippen molar-refractivity contribution in [1.29, 1.82) is 0 Å². The van der Waals surface area contributed by atoms with Crippen LogP contribution in [0.15, 0.2) is 24.3 Å². The molecular formula is C13H23NO2. The van der Waals surface area contributed by atoms with Crippen molar-refractivity contribution in [3.63, 3.8) is 0 Å². The summed E-state index contributed by atoms with van der Waals surface area (Å²) in [7, 11) is 5.20. The van der Waals surface area contributed by atoms with Gasteiger partial charge >= 0.3 is 5.97 Å². The van der Waals surface area contributed by atoms with Gasteiger partial charge in [0.1, 0.15) is 5.54 Å². The minimum atomic E-state index is -0.631. The van der Waals surface area contributed by atoms with Crippen LogP contribution in [0.1, 0.15) is 26.7 Å². The highest BCUT2D eigenvalue weighted by molar-refractivity contribution is 5.81. The SMILES string of the molecule is C=CCC(CC=C(C)C)(C(=O)OC)N(C)C. The van der Waals surface area contributed by atoms with E-state index >= 15 is 0 Å². The van der Waals surface area contributed by atoms with Gasteiger partial charge < -0.3 is 4.74 Å². The molecule has 0 aromatic heterocycles. The van der Waals surface area contributed by atoms with Gasteiger partial charge in [0.25, 0.3) is 0 Å². The summed E-state index contributed by atoms with van der Waals surface area (Å²) in [6.07, 6.45) is 5.04. The van der Waals surface area contributed by atoms with Gasteiger partial charge in [-0.25, -0.2) is 0 Å². The molecule has 0 amide bonds. The Kier molecular flexibility index (Phi) is 6.04. The zero-order valence-corrected chi connectivity index (χ0v) is 11.0. The molecule has 0 heterocycles. The molecule has 0 aromatic rings. The molecule has 0 N–H and O–H groups in total. The van der Waals surface area contributed by atoms with Crippen LogP contribution >= 0.6 is 0 Å².